The summed E-state index contributed by atoms with van der Waals surface area (Å²) < 4.78 is 13.1. The first-order chi connectivity index (χ1) is 15.9. The Morgan fingerprint density at radius 3 is 2.42 bits per heavy atom. The highest BCUT2D eigenvalue weighted by Gasteiger charge is 2.26. The van der Waals surface area contributed by atoms with E-state index >= 15 is 0 Å². The van der Waals surface area contributed by atoms with E-state index in [0.717, 1.165) is 41.5 Å². The number of carbonyl (C=O) groups excluding carboxylic acids is 2. The maximum absolute atomic E-state index is 13.1. The average Bonchev–Trinajstić information content (AvgIpc) is 2.78. The third-order valence-electron chi connectivity index (χ3n) is 5.95. The molecule has 1 aliphatic heterocycles. The highest BCUT2D eigenvalue weighted by Crippen LogP contribution is 2.26. The molecule has 1 heterocycles. The first kappa shape index (κ1) is 22.7. The third kappa shape index (κ3) is 5.65. The molecule has 0 aromatic heterocycles. The minimum atomic E-state index is -0.234. The number of anilines is 1. The number of nitrogens with zero attached hydrogens (tertiary/aromatic N) is 2. The van der Waals surface area contributed by atoms with E-state index in [1.165, 1.54) is 19.1 Å². The molecule has 0 bridgehead atoms. The van der Waals surface area contributed by atoms with E-state index in [9.17, 15) is 14.0 Å². The largest absolute Gasteiger partial charge is 0.334 e. The highest BCUT2D eigenvalue weighted by molar-refractivity contribution is 5.99. The molecular formula is C27H28FN3O2. The van der Waals surface area contributed by atoms with Gasteiger partial charge in [0.25, 0.3) is 0 Å². The molecule has 6 heteroatoms. The summed E-state index contributed by atoms with van der Waals surface area (Å²) in [6, 6.07) is 18.4. The molecule has 0 radical (unpaired) electrons. The van der Waals surface area contributed by atoms with Crippen LogP contribution in [0, 0.1) is 5.82 Å². The molecular weight excluding hydrogens is 417 g/mol. The van der Waals surface area contributed by atoms with E-state index < -0.39 is 0 Å². The normalized spacial score (nSPS) is 16.9. The van der Waals surface area contributed by atoms with Crippen molar-refractivity contribution in [1.82, 2.24) is 9.80 Å². The Morgan fingerprint density at radius 1 is 1.06 bits per heavy atom. The van der Waals surface area contributed by atoms with Crippen molar-refractivity contribution >= 4 is 34.4 Å². The summed E-state index contributed by atoms with van der Waals surface area (Å²) in [5.74, 6) is -0.439. The Labute approximate surface area is 193 Å². The molecule has 1 fully saturated rings. The van der Waals surface area contributed by atoms with Gasteiger partial charge < -0.3 is 10.2 Å². The number of amides is 2. The van der Waals surface area contributed by atoms with Crippen LogP contribution in [0.3, 0.4) is 0 Å². The molecule has 2 amide bonds. The SMILES string of the molecule is CC(=O)Nc1cc2ccccc2cc1/C=C/C(=O)N1CCN(Cc2ccc(F)cc2)C[C@H]1C. The van der Waals surface area contributed by atoms with Crippen molar-refractivity contribution < 1.29 is 14.0 Å². The second kappa shape index (κ2) is 9.96. The van der Waals surface area contributed by atoms with Crippen molar-refractivity contribution in [2.24, 2.45) is 0 Å². The van der Waals surface area contributed by atoms with Crippen molar-refractivity contribution in [1.29, 1.82) is 0 Å². The minimum Gasteiger partial charge on any atom is -0.334 e. The van der Waals surface area contributed by atoms with Crippen LogP contribution < -0.4 is 5.32 Å². The first-order valence-electron chi connectivity index (χ1n) is 11.1. The Kier molecular flexibility index (Phi) is 6.84. The van der Waals surface area contributed by atoms with E-state index in [-0.39, 0.29) is 23.7 Å². The molecule has 0 unspecified atom stereocenters. The summed E-state index contributed by atoms with van der Waals surface area (Å²) in [6.45, 7) is 6.39. The van der Waals surface area contributed by atoms with Crippen LogP contribution in [0.5, 0.6) is 0 Å². The zero-order valence-electron chi connectivity index (χ0n) is 18.9. The van der Waals surface area contributed by atoms with Crippen LogP contribution in [-0.4, -0.2) is 47.3 Å². The Morgan fingerprint density at radius 2 is 1.76 bits per heavy atom. The molecule has 3 aromatic carbocycles. The molecule has 1 N–H and O–H groups in total. The molecule has 4 rings (SSSR count). The lowest BCUT2D eigenvalue weighted by Gasteiger charge is -2.39. The minimum absolute atomic E-state index is 0.0501. The van der Waals surface area contributed by atoms with Gasteiger partial charge in [-0.3, -0.25) is 14.5 Å². The van der Waals surface area contributed by atoms with Gasteiger partial charge in [-0.2, -0.15) is 0 Å². The van der Waals surface area contributed by atoms with E-state index in [2.05, 4.69) is 10.2 Å². The van der Waals surface area contributed by atoms with Gasteiger partial charge in [0.2, 0.25) is 11.8 Å². The second-order valence-electron chi connectivity index (χ2n) is 8.54. The van der Waals surface area contributed by atoms with E-state index in [0.29, 0.717) is 12.2 Å². The number of halogens is 1. The number of piperazine rings is 1. The summed E-state index contributed by atoms with van der Waals surface area (Å²) in [4.78, 5) is 28.8. The predicted molar refractivity (Wildman–Crippen MR) is 130 cm³/mol. The van der Waals surface area contributed by atoms with Gasteiger partial charge in [0.1, 0.15) is 5.82 Å². The molecule has 0 aliphatic carbocycles. The van der Waals surface area contributed by atoms with Crippen LogP contribution in [0.2, 0.25) is 0 Å². The number of hydrogen-bond acceptors (Lipinski definition) is 3. The number of nitrogens with one attached hydrogen (secondary N) is 1. The standard InChI is InChI=1S/C27H28FN3O2/c1-19-17-30(18-21-7-10-25(28)11-8-21)13-14-31(19)27(33)12-9-24-15-22-5-3-4-6-23(22)16-26(24)29-20(2)32/h3-12,15-16,19H,13-14,17-18H2,1-2H3,(H,29,32)/b12-9+/t19-/m1/s1. The zero-order chi connectivity index (χ0) is 23.4. The van der Waals surface area contributed by atoms with E-state index in [4.69, 9.17) is 0 Å². The van der Waals surface area contributed by atoms with Crippen LogP contribution in [0.4, 0.5) is 10.1 Å². The van der Waals surface area contributed by atoms with Gasteiger partial charge in [-0.05, 0) is 59.2 Å². The number of benzene rings is 3. The molecule has 0 saturated carbocycles. The van der Waals surface area contributed by atoms with Crippen LogP contribution in [0.25, 0.3) is 16.8 Å². The highest BCUT2D eigenvalue weighted by atomic mass is 19.1. The molecule has 1 saturated heterocycles. The van der Waals surface area contributed by atoms with Crippen molar-refractivity contribution in [3.63, 3.8) is 0 Å². The zero-order valence-corrected chi connectivity index (χ0v) is 18.9. The van der Waals surface area contributed by atoms with E-state index in [1.807, 2.05) is 48.2 Å². The van der Waals surface area contributed by atoms with Crippen LogP contribution in [-0.2, 0) is 16.1 Å². The predicted octanol–water partition coefficient (Wildman–Crippen LogP) is 4.68. The summed E-state index contributed by atoms with van der Waals surface area (Å²) in [6.07, 6.45) is 3.36. The lowest BCUT2D eigenvalue weighted by molar-refractivity contribution is -0.130. The van der Waals surface area contributed by atoms with Crippen LogP contribution in [0.15, 0.2) is 66.7 Å². The van der Waals surface area contributed by atoms with Gasteiger partial charge in [0, 0.05) is 50.9 Å². The Bertz CT molecular complexity index is 1190. The van der Waals surface area contributed by atoms with Gasteiger partial charge in [0.05, 0.1) is 0 Å². The van der Waals surface area contributed by atoms with E-state index in [1.54, 1.807) is 24.3 Å². The molecule has 1 aliphatic rings. The van der Waals surface area contributed by atoms with Crippen molar-refractivity contribution in [3.05, 3.63) is 83.7 Å². The lowest BCUT2D eigenvalue weighted by atomic mass is 10.0. The molecule has 5 nitrogen and oxygen atoms in total. The fourth-order valence-corrected chi connectivity index (χ4v) is 4.30. The number of hydrogen-bond donors (Lipinski definition) is 1. The van der Waals surface area contributed by atoms with Gasteiger partial charge in [-0.25, -0.2) is 4.39 Å². The molecule has 0 spiro atoms. The quantitative estimate of drug-likeness (QED) is 0.580. The monoisotopic (exact) mass is 445 g/mol. The van der Waals surface area contributed by atoms with Crippen molar-refractivity contribution in [2.75, 3.05) is 25.0 Å². The van der Waals surface area contributed by atoms with Gasteiger partial charge in [-0.15, -0.1) is 0 Å². The number of carbonyl (C=O) groups is 2. The Balaban J connectivity index is 1.44. The maximum Gasteiger partial charge on any atom is 0.246 e. The maximum atomic E-state index is 13.1. The average molecular weight is 446 g/mol. The van der Waals surface area contributed by atoms with Gasteiger partial charge >= 0.3 is 0 Å². The van der Waals surface area contributed by atoms with Gasteiger partial charge in [0.15, 0.2) is 0 Å². The molecule has 1 atom stereocenters. The summed E-state index contributed by atoms with van der Waals surface area (Å²) in [7, 11) is 0. The molecule has 170 valence electrons. The fourth-order valence-electron chi connectivity index (χ4n) is 4.30. The summed E-state index contributed by atoms with van der Waals surface area (Å²) in [5.41, 5.74) is 2.53. The molecule has 3 aromatic rings. The number of rotatable bonds is 5. The summed E-state index contributed by atoms with van der Waals surface area (Å²) in [5, 5.41) is 4.93. The van der Waals surface area contributed by atoms with Crippen LogP contribution in [0.1, 0.15) is 25.0 Å². The fraction of sp³-hybridized carbons (Fsp3) is 0.259. The van der Waals surface area contributed by atoms with Crippen molar-refractivity contribution in [3.8, 4) is 0 Å². The smallest absolute Gasteiger partial charge is 0.246 e. The summed E-state index contributed by atoms with van der Waals surface area (Å²) >= 11 is 0. The third-order valence-corrected chi connectivity index (χ3v) is 5.95. The second-order valence-corrected chi connectivity index (χ2v) is 8.54. The topological polar surface area (TPSA) is 52.7 Å². The van der Waals surface area contributed by atoms with Crippen LogP contribution >= 0.6 is 0 Å². The first-order valence-corrected chi connectivity index (χ1v) is 11.1. The van der Waals surface area contributed by atoms with Gasteiger partial charge in [-0.1, -0.05) is 36.4 Å². The molecule has 33 heavy (non-hydrogen) atoms. The van der Waals surface area contributed by atoms with Crippen molar-refractivity contribution in [2.45, 2.75) is 26.4 Å². The Hall–Kier alpha value is -3.51. The number of fused-ring (bicyclic) bond motifs is 1. The lowest BCUT2D eigenvalue weighted by Crippen LogP contribution is -2.53.